The minimum atomic E-state index is -3.83. The number of sulfone groups is 1. The molecule has 1 aromatic heterocycles. The average Bonchev–Trinajstić information content (AvgIpc) is 3.05. The number of aliphatic hydroxyl groups is 1. The molecule has 1 unspecified atom stereocenters. The van der Waals surface area contributed by atoms with Crippen molar-refractivity contribution in [1.29, 1.82) is 0 Å². The molecule has 2 amide bonds. The van der Waals surface area contributed by atoms with Gasteiger partial charge in [0.05, 0.1) is 6.54 Å². The Morgan fingerprint density at radius 2 is 2.13 bits per heavy atom. The van der Waals surface area contributed by atoms with Gasteiger partial charge in [-0.15, -0.1) is 0 Å². The number of hydroxylamine groups is 1. The predicted octanol–water partition coefficient (Wildman–Crippen LogP) is 0.344. The lowest BCUT2D eigenvalue weighted by atomic mass is 10.1. The van der Waals surface area contributed by atoms with Gasteiger partial charge >= 0.3 is 6.03 Å². The first kappa shape index (κ1) is 22.9. The lowest BCUT2D eigenvalue weighted by molar-refractivity contribution is -0.131. The number of aromatic nitrogens is 1. The Kier molecular flexibility index (Phi) is 5.94. The second-order valence-corrected chi connectivity index (χ2v) is 10.9. The van der Waals surface area contributed by atoms with Gasteiger partial charge < -0.3 is 10.0 Å². The Balaban J connectivity index is 1.65. The number of hydrogen-bond donors (Lipinski definition) is 3. The monoisotopic (exact) mass is 447 g/mol. The van der Waals surface area contributed by atoms with E-state index in [1.54, 1.807) is 12.3 Å². The molecule has 166 valence electrons. The van der Waals surface area contributed by atoms with Crippen molar-refractivity contribution in [2.24, 2.45) is 11.3 Å². The molecule has 1 aromatic rings. The van der Waals surface area contributed by atoms with Crippen molar-refractivity contribution in [3.8, 4) is 23.7 Å². The van der Waals surface area contributed by atoms with Gasteiger partial charge in [-0.1, -0.05) is 11.8 Å². The quantitative estimate of drug-likeness (QED) is 0.328. The van der Waals surface area contributed by atoms with Gasteiger partial charge in [-0.05, 0) is 50.5 Å². The lowest BCUT2D eigenvalue weighted by Crippen LogP contribution is -2.50. The van der Waals surface area contributed by atoms with E-state index in [1.165, 1.54) is 21.9 Å². The number of aliphatic hydroxyl groups excluding tert-OH is 1. The summed E-state index contributed by atoms with van der Waals surface area (Å²) in [5.41, 5.74) is 2.56. The maximum Gasteiger partial charge on any atom is 0.328 e. The van der Waals surface area contributed by atoms with Gasteiger partial charge in [-0.2, -0.15) is 0 Å². The first-order chi connectivity index (χ1) is 14.4. The van der Waals surface area contributed by atoms with Gasteiger partial charge in [0, 0.05) is 42.3 Å². The molecule has 0 bridgehead atoms. The summed E-state index contributed by atoms with van der Waals surface area (Å²) in [7, 11) is -3.83. The molecule has 9 nitrogen and oxygen atoms in total. The fourth-order valence-corrected chi connectivity index (χ4v) is 4.39. The van der Waals surface area contributed by atoms with Crippen LogP contribution < -0.4 is 5.48 Å². The van der Waals surface area contributed by atoms with E-state index in [1.807, 2.05) is 6.92 Å². The number of carbonyl (C=O) groups is 2. The van der Waals surface area contributed by atoms with E-state index >= 15 is 0 Å². The van der Waals surface area contributed by atoms with Crippen LogP contribution in [0.1, 0.15) is 37.9 Å². The minimum Gasteiger partial charge on any atom is -0.396 e. The van der Waals surface area contributed by atoms with Crippen LogP contribution in [0.3, 0.4) is 0 Å². The van der Waals surface area contributed by atoms with Crippen LogP contribution in [0.15, 0.2) is 12.3 Å². The molecule has 0 spiro atoms. The Morgan fingerprint density at radius 1 is 1.42 bits per heavy atom. The highest BCUT2D eigenvalue weighted by atomic mass is 32.2. The van der Waals surface area contributed by atoms with Crippen LogP contribution in [-0.4, -0.2) is 64.3 Å². The topological polar surface area (TPSA) is 129 Å². The molecule has 0 saturated heterocycles. The first-order valence-electron chi connectivity index (χ1n) is 9.74. The van der Waals surface area contributed by atoms with Crippen LogP contribution in [0.5, 0.6) is 0 Å². The van der Waals surface area contributed by atoms with E-state index in [9.17, 15) is 18.0 Å². The van der Waals surface area contributed by atoms with E-state index in [4.69, 9.17) is 10.3 Å². The largest absolute Gasteiger partial charge is 0.396 e. The summed E-state index contributed by atoms with van der Waals surface area (Å²) in [5.74, 6) is 10.7. The van der Waals surface area contributed by atoms with Crippen molar-refractivity contribution in [1.82, 2.24) is 14.9 Å². The molecular formula is C21H25N3O6S. The Hall–Kier alpha value is -2.79. The lowest BCUT2D eigenvalue weighted by Gasteiger charge is -2.27. The standard InChI is InChI=1S/C21H25N3O6S/c1-20(11-16(20)14-25)7-5-4-6-15-10-17-13-23(19(27)24(17)12-15)9-8-21(2,18(26)22-28)31(3,29)30/h10,12,16,25,28H,8-9,11,13-14H2,1-3H3,(H,22,26)/t16-,20+,21?/m0/s1. The number of rotatable bonds is 6. The third-order valence-electron chi connectivity index (χ3n) is 6.24. The predicted molar refractivity (Wildman–Crippen MR) is 111 cm³/mol. The van der Waals surface area contributed by atoms with E-state index in [2.05, 4.69) is 23.7 Å². The molecule has 10 heteroatoms. The highest BCUT2D eigenvalue weighted by Gasteiger charge is 2.48. The molecule has 1 aliphatic carbocycles. The van der Waals surface area contributed by atoms with Gasteiger partial charge in [-0.3, -0.25) is 14.6 Å². The zero-order chi connectivity index (χ0) is 23.0. The summed E-state index contributed by atoms with van der Waals surface area (Å²) in [4.78, 5) is 26.0. The van der Waals surface area contributed by atoms with Crippen LogP contribution >= 0.6 is 0 Å². The normalized spacial score (nSPS) is 23.7. The second kappa shape index (κ2) is 8.04. The van der Waals surface area contributed by atoms with Crippen LogP contribution in [0, 0.1) is 35.0 Å². The molecule has 1 fully saturated rings. The SMILES string of the molecule is CC(CCN1Cc2cc(C#CC#C[C@]3(C)C[C@H]3CO)cn2C1=O)(C(=O)NO)S(C)(=O)=O. The smallest absolute Gasteiger partial charge is 0.328 e. The number of hydrogen-bond acceptors (Lipinski definition) is 6. The Morgan fingerprint density at radius 3 is 2.68 bits per heavy atom. The number of amides is 2. The third kappa shape index (κ3) is 4.33. The van der Waals surface area contributed by atoms with Crippen LogP contribution in [-0.2, 0) is 21.2 Å². The molecule has 0 aromatic carbocycles. The van der Waals surface area contributed by atoms with Crippen molar-refractivity contribution in [3.63, 3.8) is 0 Å². The van der Waals surface area contributed by atoms with Gasteiger partial charge in [0.1, 0.15) is 0 Å². The molecule has 2 aliphatic rings. The molecular weight excluding hydrogens is 422 g/mol. The number of nitrogens with one attached hydrogen (secondary N) is 1. The van der Waals surface area contributed by atoms with Crippen LogP contribution in [0.25, 0.3) is 0 Å². The number of carbonyl (C=O) groups excluding carboxylic acids is 2. The molecule has 0 radical (unpaired) electrons. The summed E-state index contributed by atoms with van der Waals surface area (Å²) in [6.45, 7) is 3.60. The molecule has 2 heterocycles. The van der Waals surface area contributed by atoms with E-state index in [-0.39, 0.29) is 43.5 Å². The summed E-state index contributed by atoms with van der Waals surface area (Å²) in [6.07, 6.45) is 3.21. The van der Waals surface area contributed by atoms with E-state index in [0.717, 1.165) is 12.7 Å². The number of fused-ring (bicyclic) bond motifs is 1. The van der Waals surface area contributed by atoms with Gasteiger partial charge in [0.15, 0.2) is 14.6 Å². The van der Waals surface area contributed by atoms with Gasteiger partial charge in [0.25, 0.3) is 5.91 Å². The zero-order valence-corrected chi connectivity index (χ0v) is 18.4. The van der Waals surface area contributed by atoms with Crippen molar-refractivity contribution in [3.05, 3.63) is 23.5 Å². The minimum absolute atomic E-state index is 0.0224. The van der Waals surface area contributed by atoms with Gasteiger partial charge in [0.2, 0.25) is 0 Å². The summed E-state index contributed by atoms with van der Waals surface area (Å²) in [6, 6.07) is 1.42. The molecule has 3 atom stereocenters. The summed E-state index contributed by atoms with van der Waals surface area (Å²) in [5, 5.41) is 18.0. The molecule has 3 rings (SSSR count). The summed E-state index contributed by atoms with van der Waals surface area (Å²) >= 11 is 0. The summed E-state index contributed by atoms with van der Waals surface area (Å²) < 4.78 is 23.7. The maximum atomic E-state index is 12.6. The van der Waals surface area contributed by atoms with Gasteiger partial charge in [-0.25, -0.2) is 18.7 Å². The van der Waals surface area contributed by atoms with E-state index < -0.39 is 20.5 Å². The third-order valence-corrected chi connectivity index (χ3v) is 8.26. The highest BCUT2D eigenvalue weighted by molar-refractivity contribution is 7.92. The molecule has 3 N–H and O–H groups in total. The van der Waals surface area contributed by atoms with Crippen LogP contribution in [0.2, 0.25) is 0 Å². The zero-order valence-electron chi connectivity index (χ0n) is 17.6. The van der Waals surface area contributed by atoms with Crippen molar-refractivity contribution in [2.75, 3.05) is 19.4 Å². The van der Waals surface area contributed by atoms with Crippen molar-refractivity contribution in [2.45, 2.75) is 38.0 Å². The molecule has 1 saturated carbocycles. The van der Waals surface area contributed by atoms with Crippen molar-refractivity contribution < 1.29 is 28.3 Å². The Labute approximate surface area is 181 Å². The maximum absolute atomic E-state index is 12.6. The van der Waals surface area contributed by atoms with Crippen molar-refractivity contribution >= 4 is 21.8 Å². The molecule has 1 aliphatic heterocycles. The first-order valence-corrected chi connectivity index (χ1v) is 11.6. The fraction of sp³-hybridized carbons (Fsp3) is 0.524. The van der Waals surface area contributed by atoms with Crippen LogP contribution in [0.4, 0.5) is 4.79 Å². The fourth-order valence-electron chi connectivity index (χ4n) is 3.55. The van der Waals surface area contributed by atoms with E-state index in [0.29, 0.717) is 11.3 Å². The molecule has 31 heavy (non-hydrogen) atoms. The number of nitrogens with zero attached hydrogens (tertiary/aromatic N) is 2. The highest BCUT2D eigenvalue weighted by Crippen LogP contribution is 2.51. The second-order valence-electron chi connectivity index (χ2n) is 8.49. The Bertz CT molecular complexity index is 1150. The average molecular weight is 448 g/mol.